The molecule has 0 bridgehead atoms. The highest BCUT2D eigenvalue weighted by Crippen LogP contribution is 2.24. The molecule has 1 amide bonds. The first-order valence-electron chi connectivity index (χ1n) is 5.51. The lowest BCUT2D eigenvalue weighted by molar-refractivity contribution is -0.143. The standard InChI is InChI=1S/C12H13N3O3S/c1-12(2,10(17)18)15-9(16)6-3-4-7-8(5-6)19-11(13)14-7/h3-5H,1-2H3,(H2,13,14)(H,15,16)(H,17,18). The van der Waals surface area contributed by atoms with Crippen LogP contribution in [0.5, 0.6) is 0 Å². The molecule has 2 aromatic rings. The summed E-state index contributed by atoms with van der Waals surface area (Å²) in [5, 5.41) is 11.9. The van der Waals surface area contributed by atoms with Crippen molar-refractivity contribution in [2.24, 2.45) is 0 Å². The van der Waals surface area contributed by atoms with Crippen molar-refractivity contribution < 1.29 is 14.7 Å². The zero-order valence-electron chi connectivity index (χ0n) is 10.4. The number of nitrogens with zero attached hydrogens (tertiary/aromatic N) is 1. The molecule has 19 heavy (non-hydrogen) atoms. The minimum absolute atomic E-state index is 0.380. The van der Waals surface area contributed by atoms with Crippen molar-refractivity contribution in [3.8, 4) is 0 Å². The molecule has 0 radical (unpaired) electrons. The number of aliphatic carboxylic acids is 1. The maximum Gasteiger partial charge on any atom is 0.328 e. The third kappa shape index (κ3) is 2.65. The van der Waals surface area contributed by atoms with Gasteiger partial charge in [0, 0.05) is 5.56 Å². The van der Waals surface area contributed by atoms with Crippen molar-refractivity contribution in [2.45, 2.75) is 19.4 Å². The van der Waals surface area contributed by atoms with E-state index in [0.29, 0.717) is 10.7 Å². The van der Waals surface area contributed by atoms with Gasteiger partial charge in [0.05, 0.1) is 10.2 Å². The number of nitrogen functional groups attached to an aromatic ring is 1. The Morgan fingerprint density at radius 3 is 2.74 bits per heavy atom. The van der Waals surface area contributed by atoms with Crippen LogP contribution < -0.4 is 11.1 Å². The summed E-state index contributed by atoms with van der Waals surface area (Å²) in [5.74, 6) is -1.54. The van der Waals surface area contributed by atoms with Crippen LogP contribution in [0.3, 0.4) is 0 Å². The number of hydrogen-bond donors (Lipinski definition) is 3. The quantitative estimate of drug-likeness (QED) is 0.789. The van der Waals surface area contributed by atoms with Gasteiger partial charge in [-0.1, -0.05) is 11.3 Å². The normalized spacial score (nSPS) is 11.5. The molecule has 2 rings (SSSR count). The molecule has 0 spiro atoms. The van der Waals surface area contributed by atoms with Gasteiger partial charge in [0.25, 0.3) is 5.91 Å². The van der Waals surface area contributed by atoms with E-state index in [0.717, 1.165) is 10.2 Å². The summed E-state index contributed by atoms with van der Waals surface area (Å²) in [6, 6.07) is 4.93. The van der Waals surface area contributed by atoms with Crippen molar-refractivity contribution in [1.29, 1.82) is 0 Å². The molecule has 1 aromatic heterocycles. The highest BCUT2D eigenvalue weighted by atomic mass is 32.1. The number of carbonyl (C=O) groups is 2. The van der Waals surface area contributed by atoms with E-state index in [2.05, 4.69) is 10.3 Å². The van der Waals surface area contributed by atoms with Crippen molar-refractivity contribution in [3.63, 3.8) is 0 Å². The molecule has 0 aliphatic rings. The van der Waals surface area contributed by atoms with Gasteiger partial charge >= 0.3 is 5.97 Å². The van der Waals surface area contributed by atoms with E-state index < -0.39 is 17.4 Å². The Labute approximate surface area is 113 Å². The van der Waals surface area contributed by atoms with Crippen molar-refractivity contribution >= 4 is 38.6 Å². The molecule has 6 nitrogen and oxygen atoms in total. The number of aromatic nitrogens is 1. The summed E-state index contributed by atoms with van der Waals surface area (Å²) in [6.45, 7) is 2.85. The number of amides is 1. The molecule has 0 atom stereocenters. The first-order valence-corrected chi connectivity index (χ1v) is 6.33. The number of nitrogens with two attached hydrogens (primary N) is 1. The average Bonchev–Trinajstić information content (AvgIpc) is 2.66. The summed E-state index contributed by atoms with van der Waals surface area (Å²) in [7, 11) is 0. The Hall–Kier alpha value is -2.15. The van der Waals surface area contributed by atoms with Gasteiger partial charge < -0.3 is 16.2 Å². The van der Waals surface area contributed by atoms with Crippen LogP contribution >= 0.6 is 11.3 Å². The topological polar surface area (TPSA) is 105 Å². The third-order valence-electron chi connectivity index (χ3n) is 2.63. The third-order valence-corrected chi connectivity index (χ3v) is 3.48. The van der Waals surface area contributed by atoms with Gasteiger partial charge in [0.2, 0.25) is 0 Å². The molecule has 0 aliphatic heterocycles. The first kappa shape index (κ1) is 13.3. The number of anilines is 1. The smallest absolute Gasteiger partial charge is 0.328 e. The second-order valence-corrected chi connectivity index (χ2v) is 5.68. The number of nitrogens with one attached hydrogen (secondary N) is 1. The number of benzene rings is 1. The highest BCUT2D eigenvalue weighted by Gasteiger charge is 2.29. The van der Waals surface area contributed by atoms with Crippen LogP contribution in [0.2, 0.25) is 0 Å². The van der Waals surface area contributed by atoms with E-state index >= 15 is 0 Å². The zero-order valence-corrected chi connectivity index (χ0v) is 11.2. The number of carboxylic acids is 1. The van der Waals surface area contributed by atoms with Crippen LogP contribution in [0.1, 0.15) is 24.2 Å². The number of carboxylic acid groups (broad SMARTS) is 1. The fraction of sp³-hybridized carbons (Fsp3) is 0.250. The predicted octanol–water partition coefficient (Wildman–Crippen LogP) is 1.47. The largest absolute Gasteiger partial charge is 0.480 e. The van der Waals surface area contributed by atoms with E-state index in [9.17, 15) is 9.59 Å². The fourth-order valence-electron chi connectivity index (χ4n) is 1.49. The van der Waals surface area contributed by atoms with E-state index in [-0.39, 0.29) is 0 Å². The Kier molecular flexibility index (Phi) is 3.15. The summed E-state index contributed by atoms with van der Waals surface area (Å²) < 4.78 is 0.790. The molecule has 4 N–H and O–H groups in total. The highest BCUT2D eigenvalue weighted by molar-refractivity contribution is 7.22. The van der Waals surface area contributed by atoms with Crippen LogP contribution in [-0.2, 0) is 4.79 Å². The summed E-state index contributed by atoms with van der Waals surface area (Å²) >= 11 is 1.28. The molecule has 100 valence electrons. The molecule has 0 saturated heterocycles. The molecule has 0 saturated carbocycles. The van der Waals surface area contributed by atoms with Gasteiger partial charge in [-0.15, -0.1) is 0 Å². The molecular formula is C12H13N3O3S. The van der Waals surface area contributed by atoms with Gasteiger partial charge in [-0.25, -0.2) is 9.78 Å². The Morgan fingerprint density at radius 2 is 2.11 bits per heavy atom. The van der Waals surface area contributed by atoms with Gasteiger partial charge in [0.15, 0.2) is 5.13 Å². The van der Waals surface area contributed by atoms with E-state index in [1.807, 2.05) is 0 Å². The van der Waals surface area contributed by atoms with E-state index in [1.54, 1.807) is 18.2 Å². The molecule has 0 aliphatic carbocycles. The van der Waals surface area contributed by atoms with E-state index in [4.69, 9.17) is 10.8 Å². The maximum atomic E-state index is 12.0. The molecule has 1 aromatic carbocycles. The number of fused-ring (bicyclic) bond motifs is 1. The van der Waals surface area contributed by atoms with E-state index in [1.165, 1.54) is 25.2 Å². The summed E-state index contributed by atoms with van der Waals surface area (Å²) in [4.78, 5) is 27.0. The molecular weight excluding hydrogens is 266 g/mol. The SMILES string of the molecule is CC(C)(NC(=O)c1ccc2nc(N)sc2c1)C(=O)O. The second kappa shape index (κ2) is 4.51. The zero-order chi connectivity index (χ0) is 14.2. The van der Waals surface area contributed by atoms with Gasteiger partial charge in [0.1, 0.15) is 5.54 Å². The lowest BCUT2D eigenvalue weighted by atomic mass is 10.1. The van der Waals surface area contributed by atoms with Crippen LogP contribution in [-0.4, -0.2) is 27.5 Å². The summed E-state index contributed by atoms with van der Waals surface area (Å²) in [6.07, 6.45) is 0. The van der Waals surface area contributed by atoms with Gasteiger partial charge in [-0.3, -0.25) is 4.79 Å². The first-order chi connectivity index (χ1) is 8.79. The van der Waals surface area contributed by atoms with Crippen LogP contribution in [0.15, 0.2) is 18.2 Å². The molecule has 0 fully saturated rings. The average molecular weight is 279 g/mol. The molecule has 7 heteroatoms. The lowest BCUT2D eigenvalue weighted by Gasteiger charge is -2.20. The van der Waals surface area contributed by atoms with Crippen molar-refractivity contribution in [2.75, 3.05) is 5.73 Å². The number of hydrogen-bond acceptors (Lipinski definition) is 5. The maximum absolute atomic E-state index is 12.0. The lowest BCUT2D eigenvalue weighted by Crippen LogP contribution is -2.49. The van der Waals surface area contributed by atoms with Crippen molar-refractivity contribution in [3.05, 3.63) is 23.8 Å². The number of thiazole rings is 1. The number of rotatable bonds is 3. The Balaban J connectivity index is 2.29. The van der Waals surface area contributed by atoms with Gasteiger partial charge in [-0.2, -0.15) is 0 Å². The monoisotopic (exact) mass is 279 g/mol. The molecule has 1 heterocycles. The number of carbonyl (C=O) groups excluding carboxylic acids is 1. The van der Waals surface area contributed by atoms with Crippen LogP contribution in [0.4, 0.5) is 5.13 Å². The minimum atomic E-state index is -1.32. The van der Waals surface area contributed by atoms with Crippen molar-refractivity contribution in [1.82, 2.24) is 10.3 Å². The Morgan fingerprint density at radius 1 is 1.42 bits per heavy atom. The summed E-state index contributed by atoms with van der Waals surface area (Å²) in [5.41, 5.74) is 5.37. The van der Waals surface area contributed by atoms with Crippen LogP contribution in [0.25, 0.3) is 10.2 Å². The molecule has 0 unspecified atom stereocenters. The minimum Gasteiger partial charge on any atom is -0.480 e. The van der Waals surface area contributed by atoms with Gasteiger partial charge in [-0.05, 0) is 32.0 Å². The predicted molar refractivity (Wildman–Crippen MR) is 73.2 cm³/mol. The Bertz CT molecular complexity index is 663. The van der Waals surface area contributed by atoms with Crippen LogP contribution in [0, 0.1) is 0 Å². The second-order valence-electron chi connectivity index (χ2n) is 4.62. The fourth-order valence-corrected chi connectivity index (χ4v) is 2.27.